The minimum atomic E-state index is -3.60. The van der Waals surface area contributed by atoms with Gasteiger partial charge in [0, 0.05) is 29.2 Å². The molecule has 0 aliphatic carbocycles. The molecule has 2 heterocycles. The van der Waals surface area contributed by atoms with E-state index in [1.165, 1.54) is 19.2 Å². The monoisotopic (exact) mass is 330 g/mol. The molecule has 1 aromatic rings. The molecule has 2 aliphatic rings. The summed E-state index contributed by atoms with van der Waals surface area (Å²) in [5, 5.41) is 3.95. The summed E-state index contributed by atoms with van der Waals surface area (Å²) in [6.07, 6.45) is 3.94. The highest BCUT2D eigenvalue weighted by Gasteiger charge is 2.35. The Morgan fingerprint density at radius 3 is 2.57 bits per heavy atom. The summed E-state index contributed by atoms with van der Waals surface area (Å²) in [6.45, 7) is 0. The second kappa shape index (κ2) is 5.76. The Bertz CT molecular complexity index is 623. The zero-order valence-corrected chi connectivity index (χ0v) is 13.4. The van der Waals surface area contributed by atoms with Gasteiger partial charge in [0.1, 0.15) is 10.6 Å². The van der Waals surface area contributed by atoms with Gasteiger partial charge in [-0.2, -0.15) is 0 Å². The third-order valence-electron chi connectivity index (χ3n) is 4.21. The molecule has 2 unspecified atom stereocenters. The van der Waals surface area contributed by atoms with E-state index < -0.39 is 10.0 Å². The summed E-state index contributed by atoms with van der Waals surface area (Å²) < 4.78 is 33.1. The molecule has 3 rings (SSSR count). The number of hydrogen-bond donors (Lipinski definition) is 2. The molecule has 0 saturated carbocycles. The molecule has 2 N–H and O–H groups in total. The quantitative estimate of drug-likeness (QED) is 0.885. The van der Waals surface area contributed by atoms with Gasteiger partial charge in [0.25, 0.3) is 0 Å². The molecular formula is C14H19ClN2O3S. The second-order valence-corrected chi connectivity index (χ2v) is 7.84. The number of ether oxygens (including phenoxy) is 1. The smallest absolute Gasteiger partial charge is 0.244 e. The third-order valence-corrected chi connectivity index (χ3v) is 6.01. The minimum Gasteiger partial charge on any atom is -0.495 e. The van der Waals surface area contributed by atoms with Crippen LogP contribution < -0.4 is 14.8 Å². The molecule has 2 aliphatic heterocycles. The van der Waals surface area contributed by atoms with Gasteiger partial charge >= 0.3 is 0 Å². The Labute approximate surface area is 130 Å². The highest BCUT2D eigenvalue weighted by molar-refractivity contribution is 7.89. The first-order valence-corrected chi connectivity index (χ1v) is 8.96. The van der Waals surface area contributed by atoms with Crippen molar-refractivity contribution in [3.05, 3.63) is 23.2 Å². The van der Waals surface area contributed by atoms with E-state index in [-0.39, 0.29) is 16.7 Å². The maximum absolute atomic E-state index is 12.6. The number of methoxy groups -OCH3 is 1. The lowest BCUT2D eigenvalue weighted by Crippen LogP contribution is -2.47. The van der Waals surface area contributed by atoms with Crippen LogP contribution in [0.25, 0.3) is 0 Å². The number of hydrogen-bond acceptors (Lipinski definition) is 4. The molecule has 2 atom stereocenters. The van der Waals surface area contributed by atoms with Crippen molar-refractivity contribution in [2.24, 2.45) is 0 Å². The van der Waals surface area contributed by atoms with Crippen LogP contribution in [0.4, 0.5) is 0 Å². The molecule has 2 fully saturated rings. The predicted octanol–water partition coefficient (Wildman–Crippen LogP) is 1.91. The molecule has 0 amide bonds. The molecule has 0 aromatic heterocycles. The largest absolute Gasteiger partial charge is 0.495 e. The van der Waals surface area contributed by atoms with Gasteiger partial charge in [0.15, 0.2) is 0 Å². The zero-order valence-electron chi connectivity index (χ0n) is 11.8. The van der Waals surface area contributed by atoms with Crippen LogP contribution in [0.2, 0.25) is 5.02 Å². The van der Waals surface area contributed by atoms with E-state index in [9.17, 15) is 8.42 Å². The van der Waals surface area contributed by atoms with Gasteiger partial charge in [-0.25, -0.2) is 13.1 Å². The minimum absolute atomic E-state index is 0.0193. The Hall–Kier alpha value is -0.820. The fourth-order valence-electron chi connectivity index (χ4n) is 3.30. The lowest BCUT2D eigenvalue weighted by atomic mass is 10.0. The fraction of sp³-hybridized carbons (Fsp3) is 0.571. The van der Waals surface area contributed by atoms with Gasteiger partial charge < -0.3 is 10.1 Å². The highest BCUT2D eigenvalue weighted by atomic mass is 35.5. The number of sulfonamides is 1. The van der Waals surface area contributed by atoms with E-state index in [2.05, 4.69) is 10.0 Å². The Morgan fingerprint density at radius 2 is 1.95 bits per heavy atom. The van der Waals surface area contributed by atoms with Crippen molar-refractivity contribution >= 4 is 21.6 Å². The Kier molecular flexibility index (Phi) is 4.14. The maximum Gasteiger partial charge on any atom is 0.244 e. The van der Waals surface area contributed by atoms with Crippen LogP contribution in [0.5, 0.6) is 5.75 Å². The Morgan fingerprint density at radius 1 is 1.29 bits per heavy atom. The van der Waals surface area contributed by atoms with Crippen LogP contribution in [0.1, 0.15) is 25.7 Å². The number of halogens is 1. The van der Waals surface area contributed by atoms with Crippen molar-refractivity contribution in [1.82, 2.24) is 10.0 Å². The topological polar surface area (TPSA) is 67.4 Å². The van der Waals surface area contributed by atoms with Crippen LogP contribution in [0, 0.1) is 0 Å². The molecule has 1 aromatic carbocycles. The number of rotatable bonds is 4. The normalized spacial score (nSPS) is 28.6. The van der Waals surface area contributed by atoms with Gasteiger partial charge in [-0.3, -0.25) is 0 Å². The summed E-state index contributed by atoms with van der Waals surface area (Å²) >= 11 is 5.88. The van der Waals surface area contributed by atoms with Crippen LogP contribution in [0.15, 0.2) is 23.1 Å². The van der Waals surface area contributed by atoms with Gasteiger partial charge in [-0.1, -0.05) is 11.6 Å². The van der Waals surface area contributed by atoms with Crippen molar-refractivity contribution in [2.45, 2.75) is 48.7 Å². The molecule has 0 spiro atoms. The van der Waals surface area contributed by atoms with Crippen LogP contribution in [-0.2, 0) is 10.0 Å². The Balaban J connectivity index is 1.81. The second-order valence-electron chi connectivity index (χ2n) is 5.72. The van der Waals surface area contributed by atoms with E-state index in [0.717, 1.165) is 25.7 Å². The fourth-order valence-corrected chi connectivity index (χ4v) is 4.87. The number of nitrogens with one attached hydrogen (secondary N) is 2. The van der Waals surface area contributed by atoms with Crippen molar-refractivity contribution in [3.8, 4) is 5.75 Å². The molecular weight excluding hydrogens is 312 g/mol. The summed E-state index contributed by atoms with van der Waals surface area (Å²) in [4.78, 5) is 0.139. The predicted molar refractivity (Wildman–Crippen MR) is 81.3 cm³/mol. The van der Waals surface area contributed by atoms with Crippen molar-refractivity contribution < 1.29 is 13.2 Å². The standard InChI is InChI=1S/C14H19ClN2O3S/c1-20-13-6-9(15)2-5-14(13)21(18,19)17-12-7-10-3-4-11(8-12)16-10/h2,5-6,10-12,16-17H,3-4,7-8H2,1H3. The van der Waals surface area contributed by atoms with Crippen LogP contribution in [-0.4, -0.2) is 33.7 Å². The summed E-state index contributed by atoms with van der Waals surface area (Å²) in [7, 11) is -2.16. The van der Waals surface area contributed by atoms with Crippen LogP contribution >= 0.6 is 11.6 Å². The zero-order chi connectivity index (χ0) is 15.0. The van der Waals surface area contributed by atoms with E-state index >= 15 is 0 Å². The van der Waals surface area contributed by atoms with E-state index in [4.69, 9.17) is 16.3 Å². The molecule has 0 radical (unpaired) electrons. The summed E-state index contributed by atoms with van der Waals surface area (Å²) in [5.41, 5.74) is 0. The third kappa shape index (κ3) is 3.18. The first-order valence-electron chi connectivity index (χ1n) is 7.10. The number of benzene rings is 1. The summed E-state index contributed by atoms with van der Waals surface area (Å²) in [5.74, 6) is 0.270. The maximum atomic E-state index is 12.6. The average Bonchev–Trinajstić information content (AvgIpc) is 2.77. The molecule has 2 saturated heterocycles. The molecule has 5 nitrogen and oxygen atoms in total. The molecule has 21 heavy (non-hydrogen) atoms. The SMILES string of the molecule is COc1cc(Cl)ccc1S(=O)(=O)NC1CC2CCC(C1)N2. The lowest BCUT2D eigenvalue weighted by molar-refractivity contribution is 0.344. The van der Waals surface area contributed by atoms with E-state index in [0.29, 0.717) is 17.1 Å². The van der Waals surface area contributed by atoms with Crippen molar-refractivity contribution in [2.75, 3.05) is 7.11 Å². The van der Waals surface area contributed by atoms with Gasteiger partial charge in [-0.05, 0) is 37.8 Å². The lowest BCUT2D eigenvalue weighted by Gasteiger charge is -2.29. The number of piperidine rings is 1. The average molecular weight is 331 g/mol. The molecule has 2 bridgehead atoms. The van der Waals surface area contributed by atoms with Crippen molar-refractivity contribution in [1.29, 1.82) is 0 Å². The molecule has 7 heteroatoms. The van der Waals surface area contributed by atoms with Crippen molar-refractivity contribution in [3.63, 3.8) is 0 Å². The van der Waals surface area contributed by atoms with Gasteiger partial charge in [0.2, 0.25) is 10.0 Å². The van der Waals surface area contributed by atoms with Gasteiger partial charge in [-0.15, -0.1) is 0 Å². The first kappa shape index (κ1) is 15.1. The summed E-state index contributed by atoms with van der Waals surface area (Å²) in [6, 6.07) is 5.41. The highest BCUT2D eigenvalue weighted by Crippen LogP contribution is 2.30. The first-order chi connectivity index (χ1) is 9.98. The van der Waals surface area contributed by atoms with Crippen LogP contribution in [0.3, 0.4) is 0 Å². The van der Waals surface area contributed by atoms with Gasteiger partial charge in [0.05, 0.1) is 7.11 Å². The van der Waals surface area contributed by atoms with E-state index in [1.807, 2.05) is 0 Å². The molecule has 116 valence electrons. The number of fused-ring (bicyclic) bond motifs is 2. The van der Waals surface area contributed by atoms with E-state index in [1.54, 1.807) is 6.07 Å².